The van der Waals surface area contributed by atoms with E-state index in [0.29, 0.717) is 0 Å². The van der Waals surface area contributed by atoms with Crippen molar-refractivity contribution >= 4 is 37.3 Å². The molecule has 0 saturated carbocycles. The number of hydrogen-bond acceptors (Lipinski definition) is 5. The first-order chi connectivity index (χ1) is 7.29. The van der Waals surface area contributed by atoms with Gasteiger partial charge in [0.05, 0.1) is 6.61 Å². The van der Waals surface area contributed by atoms with Crippen LogP contribution in [0.1, 0.15) is 17.3 Å². The second-order valence-corrected chi connectivity index (χ2v) is 5.59. The van der Waals surface area contributed by atoms with Crippen LogP contribution in [0.4, 0.5) is 0 Å². The number of rotatable bonds is 3. The van der Waals surface area contributed by atoms with E-state index >= 15 is 0 Å². The average Bonchev–Trinajstić information content (AvgIpc) is 2.40. The molecule has 90 valence electrons. The van der Waals surface area contributed by atoms with Gasteiger partial charge in [0.15, 0.2) is 10.2 Å². The number of aryl methyl sites for hydroxylation is 1. The van der Waals surface area contributed by atoms with Crippen molar-refractivity contribution in [3.8, 4) is 0 Å². The summed E-state index contributed by atoms with van der Waals surface area (Å²) in [4.78, 5) is 11.5. The van der Waals surface area contributed by atoms with Gasteiger partial charge < -0.3 is 4.74 Å². The van der Waals surface area contributed by atoms with E-state index in [9.17, 15) is 13.2 Å². The predicted molar refractivity (Wildman–Crippen MR) is 57.2 cm³/mol. The van der Waals surface area contributed by atoms with Crippen LogP contribution in [-0.2, 0) is 20.8 Å². The molecule has 1 rings (SSSR count). The highest BCUT2D eigenvalue weighted by Crippen LogP contribution is 2.26. The molecule has 1 aromatic rings. The number of nitrogens with zero attached hydrogens (tertiary/aromatic N) is 2. The summed E-state index contributed by atoms with van der Waals surface area (Å²) in [6, 6.07) is 0. The molecule has 0 N–H and O–H groups in total. The van der Waals surface area contributed by atoms with Gasteiger partial charge in [-0.3, -0.25) is 4.68 Å². The average molecular weight is 287 g/mol. The Kier molecular flexibility index (Phi) is 3.82. The van der Waals surface area contributed by atoms with Crippen molar-refractivity contribution in [2.45, 2.75) is 11.9 Å². The second-order valence-electron chi connectivity index (χ2n) is 2.75. The Morgan fingerprint density at radius 1 is 1.56 bits per heavy atom. The SMILES string of the molecule is CCOC(=O)c1c(Cl)nn(C)c1S(=O)(=O)Cl. The quantitative estimate of drug-likeness (QED) is 0.616. The fraction of sp³-hybridized carbons (Fsp3) is 0.429. The van der Waals surface area contributed by atoms with Gasteiger partial charge in [0.25, 0.3) is 9.05 Å². The van der Waals surface area contributed by atoms with Gasteiger partial charge in [-0.25, -0.2) is 13.2 Å². The molecule has 1 aromatic heterocycles. The smallest absolute Gasteiger partial charge is 0.344 e. The summed E-state index contributed by atoms with van der Waals surface area (Å²) in [5.41, 5.74) is -0.346. The molecule has 16 heavy (non-hydrogen) atoms. The van der Waals surface area contributed by atoms with Crippen molar-refractivity contribution in [1.82, 2.24) is 9.78 Å². The molecule has 0 aromatic carbocycles. The van der Waals surface area contributed by atoms with Crippen molar-refractivity contribution in [1.29, 1.82) is 0 Å². The van der Waals surface area contributed by atoms with Gasteiger partial charge in [0.2, 0.25) is 0 Å². The van der Waals surface area contributed by atoms with E-state index in [4.69, 9.17) is 22.3 Å². The molecule has 1 heterocycles. The van der Waals surface area contributed by atoms with Crippen LogP contribution in [0.3, 0.4) is 0 Å². The lowest BCUT2D eigenvalue weighted by Crippen LogP contribution is -2.10. The Morgan fingerprint density at radius 3 is 2.56 bits per heavy atom. The third-order valence-corrected chi connectivity index (χ3v) is 3.30. The number of carbonyl (C=O) groups is 1. The van der Waals surface area contributed by atoms with E-state index < -0.39 is 20.0 Å². The maximum atomic E-state index is 11.5. The summed E-state index contributed by atoms with van der Waals surface area (Å²) in [5.74, 6) is -0.875. The maximum absolute atomic E-state index is 11.5. The van der Waals surface area contributed by atoms with Crippen molar-refractivity contribution in [3.05, 3.63) is 10.7 Å². The lowest BCUT2D eigenvalue weighted by atomic mass is 10.4. The van der Waals surface area contributed by atoms with E-state index in [0.717, 1.165) is 4.68 Å². The molecule has 0 bridgehead atoms. The van der Waals surface area contributed by atoms with Gasteiger partial charge in [-0.15, -0.1) is 0 Å². The predicted octanol–water partition coefficient (Wildman–Crippen LogP) is 1.18. The van der Waals surface area contributed by atoms with Crippen molar-refractivity contribution in [3.63, 3.8) is 0 Å². The second kappa shape index (κ2) is 4.60. The highest BCUT2D eigenvalue weighted by atomic mass is 35.7. The molecule has 0 fully saturated rings. The van der Waals surface area contributed by atoms with E-state index in [1.165, 1.54) is 7.05 Å². The van der Waals surface area contributed by atoms with Crippen LogP contribution in [0.5, 0.6) is 0 Å². The zero-order chi connectivity index (χ0) is 12.5. The molecule has 6 nitrogen and oxygen atoms in total. The van der Waals surface area contributed by atoms with Crippen LogP contribution in [0, 0.1) is 0 Å². The molecule has 0 atom stereocenters. The molecule has 9 heteroatoms. The first-order valence-corrected chi connectivity index (χ1v) is 6.82. The Bertz CT molecular complexity index is 523. The summed E-state index contributed by atoms with van der Waals surface area (Å²) in [6.07, 6.45) is 0. The topological polar surface area (TPSA) is 78.3 Å². The number of aromatic nitrogens is 2. The Labute approximate surface area is 102 Å². The van der Waals surface area contributed by atoms with Crippen LogP contribution in [0.2, 0.25) is 5.15 Å². The number of esters is 1. The minimum Gasteiger partial charge on any atom is -0.462 e. The molecule has 0 aliphatic heterocycles. The number of ether oxygens (including phenoxy) is 1. The van der Waals surface area contributed by atoms with Crippen LogP contribution in [0.25, 0.3) is 0 Å². The monoisotopic (exact) mass is 286 g/mol. The van der Waals surface area contributed by atoms with Crippen LogP contribution in [-0.4, -0.2) is 30.8 Å². The third kappa shape index (κ3) is 2.47. The zero-order valence-corrected chi connectivity index (χ0v) is 10.7. The van der Waals surface area contributed by atoms with E-state index in [1.54, 1.807) is 6.92 Å². The van der Waals surface area contributed by atoms with Crippen LogP contribution >= 0.6 is 22.3 Å². The Morgan fingerprint density at radius 2 is 2.12 bits per heavy atom. The molecule has 0 radical (unpaired) electrons. The van der Waals surface area contributed by atoms with Gasteiger partial charge in [0.1, 0.15) is 5.56 Å². The molecule has 0 amide bonds. The summed E-state index contributed by atoms with van der Waals surface area (Å²) in [6.45, 7) is 1.67. The van der Waals surface area contributed by atoms with Crippen molar-refractivity contribution in [2.75, 3.05) is 6.61 Å². The van der Waals surface area contributed by atoms with Crippen molar-refractivity contribution < 1.29 is 17.9 Å². The maximum Gasteiger partial charge on any atom is 0.344 e. The first kappa shape index (κ1) is 13.3. The molecular formula is C7H8Cl2N2O4S. The molecule has 0 aliphatic rings. The van der Waals surface area contributed by atoms with Gasteiger partial charge in [0, 0.05) is 17.7 Å². The first-order valence-electron chi connectivity index (χ1n) is 4.13. The minimum atomic E-state index is -4.12. The molecule has 0 spiro atoms. The molecular weight excluding hydrogens is 279 g/mol. The van der Waals surface area contributed by atoms with Gasteiger partial charge >= 0.3 is 5.97 Å². The van der Waals surface area contributed by atoms with Gasteiger partial charge in [-0.1, -0.05) is 11.6 Å². The van der Waals surface area contributed by atoms with E-state index in [1.807, 2.05) is 0 Å². The van der Waals surface area contributed by atoms with Gasteiger partial charge in [-0.2, -0.15) is 5.10 Å². The lowest BCUT2D eigenvalue weighted by molar-refractivity contribution is 0.0521. The largest absolute Gasteiger partial charge is 0.462 e. The summed E-state index contributed by atoms with van der Waals surface area (Å²) in [5, 5.41) is 2.86. The van der Waals surface area contributed by atoms with Crippen LogP contribution < -0.4 is 0 Å². The Hall–Kier alpha value is -0.790. The summed E-state index contributed by atoms with van der Waals surface area (Å²) in [7, 11) is 2.36. The molecule has 0 saturated heterocycles. The molecule has 0 aliphatic carbocycles. The number of carbonyl (C=O) groups excluding carboxylic acids is 1. The highest BCUT2D eigenvalue weighted by molar-refractivity contribution is 8.13. The van der Waals surface area contributed by atoms with Crippen LogP contribution in [0.15, 0.2) is 5.03 Å². The molecule has 0 unspecified atom stereocenters. The minimum absolute atomic E-state index is 0.0891. The summed E-state index contributed by atoms with van der Waals surface area (Å²) >= 11 is 5.63. The fourth-order valence-corrected chi connectivity index (χ4v) is 2.78. The third-order valence-electron chi connectivity index (χ3n) is 1.66. The zero-order valence-electron chi connectivity index (χ0n) is 8.40. The normalized spacial score (nSPS) is 11.5. The van der Waals surface area contributed by atoms with Gasteiger partial charge in [-0.05, 0) is 6.92 Å². The highest BCUT2D eigenvalue weighted by Gasteiger charge is 2.30. The van der Waals surface area contributed by atoms with Crippen molar-refractivity contribution in [2.24, 2.45) is 7.05 Å². The fourth-order valence-electron chi connectivity index (χ4n) is 1.13. The standard InChI is InChI=1S/C7H8Cl2N2O4S/c1-3-15-7(12)4-5(8)10-11(2)6(4)16(9,13)14/h3H2,1-2H3. The Balaban J connectivity index is 3.44. The summed E-state index contributed by atoms with van der Waals surface area (Å²) < 4.78 is 28.0. The van der Waals surface area contributed by atoms with E-state index in [-0.39, 0.29) is 17.3 Å². The number of hydrogen-bond donors (Lipinski definition) is 0. The van der Waals surface area contributed by atoms with E-state index in [2.05, 4.69) is 9.84 Å². The number of halogens is 2. The lowest BCUT2D eigenvalue weighted by Gasteiger charge is -2.02.